The van der Waals surface area contributed by atoms with E-state index in [9.17, 15) is 0 Å². The molecule has 0 spiro atoms. The zero-order valence-corrected chi connectivity index (χ0v) is 11.2. The lowest BCUT2D eigenvalue weighted by Crippen LogP contribution is -2.21. The molecule has 1 N–H and O–H groups in total. The number of nitrogens with one attached hydrogen (secondary N) is 1. The third-order valence-corrected chi connectivity index (χ3v) is 3.44. The van der Waals surface area contributed by atoms with Crippen molar-refractivity contribution < 1.29 is 0 Å². The van der Waals surface area contributed by atoms with Crippen LogP contribution < -0.4 is 5.32 Å². The Morgan fingerprint density at radius 3 is 2.44 bits per heavy atom. The van der Waals surface area contributed by atoms with E-state index in [2.05, 4.69) is 26.1 Å². The molecule has 0 aliphatic carbocycles. The zero-order valence-electron chi connectivity index (χ0n) is 10.5. The molecule has 0 radical (unpaired) electrons. The van der Waals surface area contributed by atoms with Crippen LogP contribution in [0.1, 0.15) is 40.0 Å². The van der Waals surface area contributed by atoms with Crippen molar-refractivity contribution in [1.82, 2.24) is 0 Å². The maximum atomic E-state index is 6.13. The normalized spacial score (nSPS) is 14.5. The second-order valence-electron chi connectivity index (χ2n) is 4.48. The number of anilines is 1. The smallest absolute Gasteiger partial charge is 0.0637 e. The van der Waals surface area contributed by atoms with Gasteiger partial charge in [-0.3, -0.25) is 0 Å². The minimum atomic E-state index is 0.523. The maximum absolute atomic E-state index is 6.13. The van der Waals surface area contributed by atoms with Crippen molar-refractivity contribution in [2.45, 2.75) is 46.1 Å². The van der Waals surface area contributed by atoms with Crippen LogP contribution in [-0.2, 0) is 0 Å². The molecule has 0 amide bonds. The van der Waals surface area contributed by atoms with Crippen LogP contribution in [0.4, 0.5) is 5.69 Å². The summed E-state index contributed by atoms with van der Waals surface area (Å²) in [6.07, 6.45) is 3.58. The highest BCUT2D eigenvalue weighted by atomic mass is 35.5. The van der Waals surface area contributed by atoms with E-state index in [1.807, 2.05) is 24.3 Å². The van der Waals surface area contributed by atoms with Crippen molar-refractivity contribution in [3.8, 4) is 0 Å². The average Bonchev–Trinajstić information content (AvgIpc) is 2.30. The van der Waals surface area contributed by atoms with Crippen LogP contribution in [0, 0.1) is 5.92 Å². The fourth-order valence-corrected chi connectivity index (χ4v) is 1.97. The van der Waals surface area contributed by atoms with Crippen LogP contribution >= 0.6 is 11.6 Å². The van der Waals surface area contributed by atoms with E-state index in [-0.39, 0.29) is 0 Å². The summed E-state index contributed by atoms with van der Waals surface area (Å²) in [5.74, 6) is 0.764. The first-order valence-corrected chi connectivity index (χ1v) is 6.56. The molecule has 2 atom stereocenters. The summed E-state index contributed by atoms with van der Waals surface area (Å²) in [4.78, 5) is 0. The molecule has 0 aromatic heterocycles. The van der Waals surface area contributed by atoms with Gasteiger partial charge in [0.2, 0.25) is 0 Å². The summed E-state index contributed by atoms with van der Waals surface area (Å²) in [5.41, 5.74) is 1.05. The van der Waals surface area contributed by atoms with Crippen molar-refractivity contribution in [3.63, 3.8) is 0 Å². The molecule has 1 aromatic carbocycles. The predicted octanol–water partition coefficient (Wildman–Crippen LogP) is 4.97. The van der Waals surface area contributed by atoms with Gasteiger partial charge < -0.3 is 5.32 Å². The lowest BCUT2D eigenvalue weighted by molar-refractivity contribution is 0.462. The molecular weight excluding hydrogens is 218 g/mol. The fourth-order valence-electron chi connectivity index (χ4n) is 1.78. The maximum Gasteiger partial charge on any atom is 0.0637 e. The molecule has 0 heterocycles. The van der Waals surface area contributed by atoms with Gasteiger partial charge >= 0.3 is 0 Å². The van der Waals surface area contributed by atoms with Gasteiger partial charge in [-0.15, -0.1) is 0 Å². The van der Waals surface area contributed by atoms with E-state index in [1.54, 1.807) is 0 Å². The van der Waals surface area contributed by atoms with Crippen molar-refractivity contribution in [2.75, 3.05) is 5.32 Å². The summed E-state index contributed by atoms with van der Waals surface area (Å²) in [7, 11) is 0. The molecule has 2 unspecified atom stereocenters. The monoisotopic (exact) mass is 239 g/mol. The Bertz CT molecular complexity index is 311. The number of halogens is 1. The molecule has 0 saturated carbocycles. The number of benzene rings is 1. The van der Waals surface area contributed by atoms with Gasteiger partial charge in [-0.25, -0.2) is 0 Å². The van der Waals surface area contributed by atoms with E-state index in [0.29, 0.717) is 6.04 Å². The van der Waals surface area contributed by atoms with Crippen molar-refractivity contribution in [1.29, 1.82) is 0 Å². The molecule has 0 fully saturated rings. The van der Waals surface area contributed by atoms with Crippen LogP contribution in [0.5, 0.6) is 0 Å². The van der Waals surface area contributed by atoms with Gasteiger partial charge in [-0.2, -0.15) is 0 Å². The Kier molecular flexibility index (Phi) is 5.68. The zero-order chi connectivity index (χ0) is 12.0. The van der Waals surface area contributed by atoms with Gasteiger partial charge in [0.15, 0.2) is 0 Å². The minimum Gasteiger partial charge on any atom is -0.381 e. The van der Waals surface area contributed by atoms with E-state index in [0.717, 1.165) is 23.0 Å². The largest absolute Gasteiger partial charge is 0.381 e. The lowest BCUT2D eigenvalue weighted by Gasteiger charge is -2.22. The van der Waals surface area contributed by atoms with Crippen molar-refractivity contribution in [2.24, 2.45) is 5.92 Å². The van der Waals surface area contributed by atoms with Crippen LogP contribution in [-0.4, -0.2) is 6.04 Å². The molecule has 1 nitrogen and oxygen atoms in total. The topological polar surface area (TPSA) is 12.0 Å². The Hall–Kier alpha value is -0.690. The third kappa shape index (κ3) is 4.05. The molecule has 1 aromatic rings. The summed E-state index contributed by atoms with van der Waals surface area (Å²) in [6.45, 7) is 6.76. The highest BCUT2D eigenvalue weighted by Gasteiger charge is 2.11. The molecule has 0 saturated heterocycles. The van der Waals surface area contributed by atoms with E-state index >= 15 is 0 Å². The molecule has 90 valence electrons. The van der Waals surface area contributed by atoms with Gasteiger partial charge in [0.05, 0.1) is 10.7 Å². The van der Waals surface area contributed by atoms with E-state index in [1.165, 1.54) is 12.8 Å². The standard InChI is InChI=1S/C14H22ClN/c1-4-11(3)10-12(5-2)16-14-9-7-6-8-13(14)15/h6-9,11-12,16H,4-5,10H2,1-3H3. The van der Waals surface area contributed by atoms with Gasteiger partial charge in [-0.05, 0) is 30.9 Å². The van der Waals surface area contributed by atoms with Crippen LogP contribution in [0.3, 0.4) is 0 Å². The first kappa shape index (κ1) is 13.4. The van der Waals surface area contributed by atoms with E-state index in [4.69, 9.17) is 11.6 Å². The third-order valence-electron chi connectivity index (χ3n) is 3.11. The van der Waals surface area contributed by atoms with Crippen LogP contribution in [0.15, 0.2) is 24.3 Å². The second kappa shape index (κ2) is 6.80. The summed E-state index contributed by atoms with van der Waals surface area (Å²) < 4.78 is 0. The first-order valence-electron chi connectivity index (χ1n) is 6.18. The first-order chi connectivity index (χ1) is 7.67. The molecular formula is C14H22ClN. The molecule has 1 rings (SSSR count). The van der Waals surface area contributed by atoms with E-state index < -0.39 is 0 Å². The van der Waals surface area contributed by atoms with Crippen molar-refractivity contribution >= 4 is 17.3 Å². The predicted molar refractivity (Wildman–Crippen MR) is 73.2 cm³/mol. The van der Waals surface area contributed by atoms with Gasteiger partial charge in [0, 0.05) is 6.04 Å². The quantitative estimate of drug-likeness (QED) is 0.739. The van der Waals surface area contributed by atoms with Crippen molar-refractivity contribution in [3.05, 3.63) is 29.3 Å². The Morgan fingerprint density at radius 1 is 1.19 bits per heavy atom. The van der Waals surface area contributed by atoms with Gasteiger partial charge in [0.1, 0.15) is 0 Å². The molecule has 0 aliphatic rings. The molecule has 0 aliphatic heterocycles. The Labute approximate surface area is 104 Å². The van der Waals surface area contributed by atoms with Crippen LogP contribution in [0.2, 0.25) is 5.02 Å². The lowest BCUT2D eigenvalue weighted by atomic mass is 9.97. The Morgan fingerprint density at radius 2 is 1.88 bits per heavy atom. The number of para-hydroxylation sites is 1. The second-order valence-corrected chi connectivity index (χ2v) is 4.89. The number of rotatable bonds is 6. The SMILES string of the molecule is CCC(C)CC(CC)Nc1ccccc1Cl. The molecule has 16 heavy (non-hydrogen) atoms. The molecule has 0 bridgehead atoms. The molecule has 2 heteroatoms. The highest BCUT2D eigenvalue weighted by molar-refractivity contribution is 6.33. The minimum absolute atomic E-state index is 0.523. The Balaban J connectivity index is 2.60. The summed E-state index contributed by atoms with van der Waals surface area (Å²) in [6, 6.07) is 8.48. The highest BCUT2D eigenvalue weighted by Crippen LogP contribution is 2.24. The van der Waals surface area contributed by atoms with Gasteiger partial charge in [0.25, 0.3) is 0 Å². The van der Waals surface area contributed by atoms with Gasteiger partial charge in [-0.1, -0.05) is 50.9 Å². The fraction of sp³-hybridized carbons (Fsp3) is 0.571. The van der Waals surface area contributed by atoms with Crippen LogP contribution in [0.25, 0.3) is 0 Å². The number of hydrogen-bond donors (Lipinski definition) is 1. The summed E-state index contributed by atoms with van der Waals surface area (Å²) >= 11 is 6.13. The summed E-state index contributed by atoms with van der Waals surface area (Å²) in [5, 5.41) is 4.34. The number of hydrogen-bond acceptors (Lipinski definition) is 1. The average molecular weight is 240 g/mol.